The number of nitrogens with one attached hydrogen (secondary N) is 1. The van der Waals surface area contributed by atoms with E-state index >= 15 is 0 Å². The minimum absolute atomic E-state index is 0.133. The van der Waals surface area contributed by atoms with Crippen LogP contribution in [0.3, 0.4) is 0 Å². The van der Waals surface area contributed by atoms with Crippen LogP contribution in [0.15, 0.2) is 42.7 Å². The molecule has 0 aliphatic heterocycles. The van der Waals surface area contributed by atoms with Crippen LogP contribution in [-0.4, -0.2) is 24.1 Å². The van der Waals surface area contributed by atoms with Crippen LogP contribution in [0.25, 0.3) is 0 Å². The normalized spacial score (nSPS) is 11.6. The van der Waals surface area contributed by atoms with Gasteiger partial charge in [0.2, 0.25) is 0 Å². The van der Waals surface area contributed by atoms with E-state index in [1.54, 1.807) is 24.5 Å². The Labute approximate surface area is 136 Å². The van der Waals surface area contributed by atoms with Crippen LogP contribution in [0.2, 0.25) is 0 Å². The number of hydrogen-bond donors (Lipinski definition) is 1. The fourth-order valence-corrected chi connectivity index (χ4v) is 2.20. The molecule has 1 unspecified atom stereocenters. The molecule has 0 aliphatic rings. The molecule has 0 aliphatic carbocycles. The van der Waals surface area contributed by atoms with Crippen molar-refractivity contribution in [1.82, 2.24) is 10.3 Å². The van der Waals surface area contributed by atoms with Crippen LogP contribution in [0.1, 0.15) is 42.7 Å². The minimum atomic E-state index is -0.148. The number of amides is 1. The number of nitrogens with zero attached hydrogens (tertiary/aromatic N) is 1. The lowest BCUT2D eigenvalue weighted by Crippen LogP contribution is -2.26. The fraction of sp³-hybridized carbons (Fsp3) is 0.333. The molecule has 122 valence electrons. The molecule has 0 fully saturated rings. The van der Waals surface area contributed by atoms with Crippen molar-refractivity contribution in [2.24, 2.45) is 0 Å². The topological polar surface area (TPSA) is 60.5 Å². The van der Waals surface area contributed by atoms with Gasteiger partial charge in [0.15, 0.2) is 11.5 Å². The second-order valence-electron chi connectivity index (χ2n) is 5.00. The summed E-state index contributed by atoms with van der Waals surface area (Å²) >= 11 is 0. The lowest BCUT2D eigenvalue weighted by atomic mass is 10.1. The minimum Gasteiger partial charge on any atom is -0.490 e. The zero-order valence-electron chi connectivity index (χ0n) is 13.7. The molecule has 1 heterocycles. The van der Waals surface area contributed by atoms with E-state index < -0.39 is 0 Å². The molecule has 1 atom stereocenters. The maximum Gasteiger partial charge on any atom is 0.251 e. The van der Waals surface area contributed by atoms with Crippen LogP contribution >= 0.6 is 0 Å². The predicted molar refractivity (Wildman–Crippen MR) is 88.9 cm³/mol. The van der Waals surface area contributed by atoms with Gasteiger partial charge < -0.3 is 14.8 Å². The molecular weight excluding hydrogens is 292 g/mol. The average Bonchev–Trinajstić information content (AvgIpc) is 2.57. The molecule has 0 spiro atoms. The zero-order chi connectivity index (χ0) is 16.7. The number of hydrogen-bond acceptors (Lipinski definition) is 4. The van der Waals surface area contributed by atoms with Gasteiger partial charge in [-0.3, -0.25) is 9.78 Å². The van der Waals surface area contributed by atoms with Crippen LogP contribution in [-0.2, 0) is 0 Å². The molecule has 23 heavy (non-hydrogen) atoms. The summed E-state index contributed by atoms with van der Waals surface area (Å²) in [6.07, 6.45) is 3.20. The van der Waals surface area contributed by atoms with Gasteiger partial charge in [0.05, 0.1) is 19.3 Å². The Balaban J connectivity index is 2.14. The number of ether oxygens (including phenoxy) is 2. The molecule has 5 nitrogen and oxygen atoms in total. The lowest BCUT2D eigenvalue weighted by molar-refractivity contribution is 0.0939. The van der Waals surface area contributed by atoms with Crippen molar-refractivity contribution in [3.8, 4) is 11.5 Å². The Bertz CT molecular complexity index is 644. The highest BCUT2D eigenvalue weighted by molar-refractivity contribution is 5.94. The van der Waals surface area contributed by atoms with Crippen molar-refractivity contribution < 1.29 is 14.3 Å². The molecule has 1 aromatic heterocycles. The van der Waals surface area contributed by atoms with E-state index in [4.69, 9.17) is 9.47 Å². The molecular formula is C18H22N2O3. The smallest absolute Gasteiger partial charge is 0.251 e. The lowest BCUT2D eigenvalue weighted by Gasteiger charge is -2.17. The van der Waals surface area contributed by atoms with Crippen LogP contribution < -0.4 is 14.8 Å². The monoisotopic (exact) mass is 314 g/mol. The van der Waals surface area contributed by atoms with E-state index in [9.17, 15) is 4.79 Å². The predicted octanol–water partition coefficient (Wildman–Crippen LogP) is 3.37. The van der Waals surface area contributed by atoms with Crippen molar-refractivity contribution in [2.75, 3.05) is 13.2 Å². The van der Waals surface area contributed by atoms with Gasteiger partial charge in [-0.1, -0.05) is 6.07 Å². The highest BCUT2D eigenvalue weighted by Crippen LogP contribution is 2.30. The maximum atomic E-state index is 12.2. The standard InChI is InChI=1S/C18H22N2O3/c1-4-22-16-7-6-15(12-17(16)23-5-2)13(3)20-18(21)14-8-10-19-11-9-14/h6-13H,4-5H2,1-3H3,(H,20,21). The third kappa shape index (κ3) is 4.45. The number of pyridine rings is 1. The molecule has 2 aromatic rings. The van der Waals surface area contributed by atoms with Gasteiger partial charge in [0.25, 0.3) is 5.91 Å². The first-order valence-corrected chi connectivity index (χ1v) is 7.76. The number of rotatable bonds is 7. The maximum absolute atomic E-state index is 12.2. The summed E-state index contributed by atoms with van der Waals surface area (Å²) in [7, 11) is 0. The van der Waals surface area contributed by atoms with Crippen molar-refractivity contribution in [1.29, 1.82) is 0 Å². The number of benzene rings is 1. The third-order valence-electron chi connectivity index (χ3n) is 3.36. The quantitative estimate of drug-likeness (QED) is 0.851. The van der Waals surface area contributed by atoms with Crippen LogP contribution in [0.5, 0.6) is 11.5 Å². The fourth-order valence-electron chi connectivity index (χ4n) is 2.20. The van der Waals surface area contributed by atoms with E-state index in [1.165, 1.54) is 0 Å². The number of aromatic nitrogens is 1. The molecule has 0 bridgehead atoms. The Hall–Kier alpha value is -2.56. The van der Waals surface area contributed by atoms with E-state index in [-0.39, 0.29) is 11.9 Å². The highest BCUT2D eigenvalue weighted by Gasteiger charge is 2.14. The van der Waals surface area contributed by atoms with Gasteiger partial charge in [0, 0.05) is 18.0 Å². The third-order valence-corrected chi connectivity index (χ3v) is 3.36. The second-order valence-corrected chi connectivity index (χ2v) is 5.00. The Morgan fingerprint density at radius 3 is 2.39 bits per heavy atom. The molecule has 5 heteroatoms. The largest absolute Gasteiger partial charge is 0.490 e. The van der Waals surface area contributed by atoms with Crippen molar-refractivity contribution in [3.63, 3.8) is 0 Å². The second kappa shape index (κ2) is 8.17. The Morgan fingerprint density at radius 1 is 1.09 bits per heavy atom. The van der Waals surface area contributed by atoms with Gasteiger partial charge >= 0.3 is 0 Å². The highest BCUT2D eigenvalue weighted by atomic mass is 16.5. The van der Waals surface area contributed by atoms with Crippen molar-refractivity contribution >= 4 is 5.91 Å². The zero-order valence-corrected chi connectivity index (χ0v) is 13.7. The summed E-state index contributed by atoms with van der Waals surface area (Å²) in [6.45, 7) is 6.93. The number of carbonyl (C=O) groups excluding carboxylic acids is 1. The summed E-state index contributed by atoms with van der Waals surface area (Å²) in [6, 6.07) is 8.94. The summed E-state index contributed by atoms with van der Waals surface area (Å²) < 4.78 is 11.2. The van der Waals surface area contributed by atoms with Gasteiger partial charge in [-0.2, -0.15) is 0 Å². The summed E-state index contributed by atoms with van der Waals surface area (Å²) in [5.41, 5.74) is 1.54. The molecule has 1 N–H and O–H groups in total. The molecule has 1 aromatic carbocycles. The molecule has 0 radical (unpaired) electrons. The van der Waals surface area contributed by atoms with Gasteiger partial charge in [-0.25, -0.2) is 0 Å². The van der Waals surface area contributed by atoms with E-state index in [2.05, 4.69) is 10.3 Å². The first-order valence-electron chi connectivity index (χ1n) is 7.76. The Morgan fingerprint density at radius 2 is 1.74 bits per heavy atom. The molecule has 0 saturated heterocycles. The van der Waals surface area contributed by atoms with Gasteiger partial charge in [0.1, 0.15) is 0 Å². The van der Waals surface area contributed by atoms with E-state index in [0.717, 1.165) is 5.56 Å². The SMILES string of the molecule is CCOc1ccc(C(C)NC(=O)c2ccncc2)cc1OCC. The van der Waals surface area contributed by atoms with Gasteiger partial charge in [-0.15, -0.1) is 0 Å². The van der Waals surface area contributed by atoms with Crippen LogP contribution in [0.4, 0.5) is 0 Å². The van der Waals surface area contributed by atoms with Crippen LogP contribution in [0, 0.1) is 0 Å². The van der Waals surface area contributed by atoms with E-state index in [0.29, 0.717) is 30.3 Å². The summed E-state index contributed by atoms with van der Waals surface area (Å²) in [5, 5.41) is 2.97. The molecule has 1 amide bonds. The summed E-state index contributed by atoms with van der Waals surface area (Å²) in [4.78, 5) is 16.1. The van der Waals surface area contributed by atoms with Crippen molar-refractivity contribution in [2.45, 2.75) is 26.8 Å². The molecule has 0 saturated carbocycles. The van der Waals surface area contributed by atoms with Crippen molar-refractivity contribution in [3.05, 3.63) is 53.9 Å². The summed E-state index contributed by atoms with van der Waals surface area (Å²) in [5.74, 6) is 1.27. The number of carbonyl (C=O) groups is 1. The first kappa shape index (κ1) is 16.8. The first-order chi connectivity index (χ1) is 11.2. The average molecular weight is 314 g/mol. The van der Waals surface area contributed by atoms with E-state index in [1.807, 2.05) is 39.0 Å². The Kier molecular flexibility index (Phi) is 5.97. The molecule has 2 rings (SSSR count). The van der Waals surface area contributed by atoms with Gasteiger partial charge in [-0.05, 0) is 50.6 Å².